The van der Waals surface area contributed by atoms with Gasteiger partial charge in [-0.3, -0.25) is 0 Å². The van der Waals surface area contributed by atoms with E-state index in [2.05, 4.69) is 6.04 Å². The van der Waals surface area contributed by atoms with E-state index in [9.17, 15) is 0 Å². The molecular weight excluding hydrogens is 166 g/mol. The van der Waals surface area contributed by atoms with Crippen LogP contribution in [-0.2, 0) is 9.47 Å². The Morgan fingerprint density at radius 1 is 1.23 bits per heavy atom. The summed E-state index contributed by atoms with van der Waals surface area (Å²) in [5.74, 6) is 0. The van der Waals surface area contributed by atoms with E-state index in [0.29, 0.717) is 25.3 Å². The summed E-state index contributed by atoms with van der Waals surface area (Å²) in [6.07, 6.45) is 7.65. The van der Waals surface area contributed by atoms with E-state index in [1.807, 2.05) is 4.90 Å². The zero-order valence-corrected chi connectivity index (χ0v) is 8.32. The maximum absolute atomic E-state index is 5.44. The number of methoxy groups -OCH3 is 2. The summed E-state index contributed by atoms with van der Waals surface area (Å²) in [5.41, 5.74) is 0. The maximum atomic E-state index is 5.44. The zero-order valence-electron chi connectivity index (χ0n) is 8.32. The standard InChI is InChI=1S/C10H17NO2/c1-4-11-9(7-12-2)5-6-10(11)8-13-3/h1,9-10H,5-8H2,2-3H3/t9-,10-/m1/s1. The first-order valence-corrected chi connectivity index (χ1v) is 4.56. The Balaban J connectivity index is 2.48. The summed E-state index contributed by atoms with van der Waals surface area (Å²) in [6, 6.07) is 3.45. The molecular formula is C10H17NO2. The summed E-state index contributed by atoms with van der Waals surface area (Å²) in [5, 5.41) is 0. The molecule has 1 rings (SSSR count). The van der Waals surface area contributed by atoms with E-state index in [-0.39, 0.29) is 0 Å². The Hall–Kier alpha value is -0.720. The topological polar surface area (TPSA) is 21.7 Å². The number of hydrogen-bond acceptors (Lipinski definition) is 3. The summed E-state index contributed by atoms with van der Waals surface area (Å²) < 4.78 is 10.2. The van der Waals surface area contributed by atoms with E-state index < -0.39 is 0 Å². The van der Waals surface area contributed by atoms with Gasteiger partial charge in [0.2, 0.25) is 0 Å². The third-order valence-corrected chi connectivity index (χ3v) is 2.49. The Labute approximate surface area is 80.0 Å². The molecule has 1 fully saturated rings. The van der Waals surface area contributed by atoms with Crippen molar-refractivity contribution in [3.63, 3.8) is 0 Å². The number of terminal acetylenes is 1. The Morgan fingerprint density at radius 2 is 1.69 bits per heavy atom. The van der Waals surface area contributed by atoms with Crippen LogP contribution in [0.4, 0.5) is 0 Å². The number of rotatable bonds is 4. The Kier molecular flexibility index (Phi) is 4.07. The van der Waals surface area contributed by atoms with Crippen LogP contribution >= 0.6 is 0 Å². The molecule has 0 aliphatic carbocycles. The molecule has 0 radical (unpaired) electrons. The highest BCUT2D eigenvalue weighted by molar-refractivity contribution is 4.99. The van der Waals surface area contributed by atoms with Gasteiger partial charge >= 0.3 is 0 Å². The second-order valence-corrected chi connectivity index (χ2v) is 3.33. The van der Waals surface area contributed by atoms with Crippen molar-refractivity contribution in [2.24, 2.45) is 0 Å². The van der Waals surface area contributed by atoms with E-state index in [1.54, 1.807) is 14.2 Å². The molecule has 13 heavy (non-hydrogen) atoms. The summed E-state index contributed by atoms with van der Waals surface area (Å²) in [6.45, 7) is 1.43. The van der Waals surface area contributed by atoms with E-state index >= 15 is 0 Å². The molecule has 0 aromatic carbocycles. The molecule has 0 amide bonds. The van der Waals surface area contributed by atoms with Crippen LogP contribution in [0.2, 0.25) is 0 Å². The highest BCUT2D eigenvalue weighted by Gasteiger charge is 2.31. The molecule has 0 bridgehead atoms. The van der Waals surface area contributed by atoms with Crippen LogP contribution < -0.4 is 0 Å². The van der Waals surface area contributed by atoms with Crippen LogP contribution in [0.25, 0.3) is 0 Å². The summed E-state index contributed by atoms with van der Waals surface area (Å²) in [4.78, 5) is 2.02. The monoisotopic (exact) mass is 183 g/mol. The van der Waals surface area contributed by atoms with Crippen molar-refractivity contribution in [3.8, 4) is 12.5 Å². The molecule has 0 N–H and O–H groups in total. The SMILES string of the molecule is C#CN1[C@@H](COC)CC[C@@H]1COC. The van der Waals surface area contributed by atoms with Gasteiger partial charge in [-0.1, -0.05) is 6.42 Å². The second-order valence-electron chi connectivity index (χ2n) is 3.33. The van der Waals surface area contributed by atoms with Crippen LogP contribution in [0.1, 0.15) is 12.8 Å². The van der Waals surface area contributed by atoms with Gasteiger partial charge in [0.25, 0.3) is 0 Å². The molecule has 1 aliphatic rings. The normalized spacial score (nSPS) is 27.6. The molecule has 0 unspecified atom stereocenters. The van der Waals surface area contributed by atoms with Crippen molar-refractivity contribution in [2.75, 3.05) is 27.4 Å². The lowest BCUT2D eigenvalue weighted by molar-refractivity contribution is 0.0981. The molecule has 74 valence electrons. The minimum Gasteiger partial charge on any atom is -0.383 e. The summed E-state index contributed by atoms with van der Waals surface area (Å²) in [7, 11) is 3.41. The molecule has 1 heterocycles. The Bertz CT molecular complexity index is 174. The van der Waals surface area contributed by atoms with Gasteiger partial charge in [0.15, 0.2) is 0 Å². The lowest BCUT2D eigenvalue weighted by Gasteiger charge is -2.25. The van der Waals surface area contributed by atoms with Crippen LogP contribution in [0.3, 0.4) is 0 Å². The van der Waals surface area contributed by atoms with Gasteiger partial charge in [0.05, 0.1) is 25.3 Å². The second kappa shape index (κ2) is 5.11. The van der Waals surface area contributed by atoms with Gasteiger partial charge in [-0.25, -0.2) is 0 Å². The van der Waals surface area contributed by atoms with Gasteiger partial charge in [0, 0.05) is 20.3 Å². The number of likely N-dealkylation sites (tertiary alicyclic amines) is 1. The lowest BCUT2D eigenvalue weighted by Crippen LogP contribution is -2.36. The van der Waals surface area contributed by atoms with Gasteiger partial charge in [-0.05, 0) is 12.8 Å². The van der Waals surface area contributed by atoms with Crippen molar-refractivity contribution < 1.29 is 9.47 Å². The molecule has 1 aliphatic heterocycles. The number of hydrogen-bond donors (Lipinski definition) is 0. The average Bonchev–Trinajstić information content (AvgIpc) is 2.49. The van der Waals surface area contributed by atoms with Crippen molar-refractivity contribution in [3.05, 3.63) is 0 Å². The predicted molar refractivity (Wildman–Crippen MR) is 51.2 cm³/mol. The minimum atomic E-state index is 0.371. The fraction of sp³-hybridized carbons (Fsp3) is 0.800. The average molecular weight is 183 g/mol. The third kappa shape index (κ3) is 2.36. The molecule has 0 spiro atoms. The highest BCUT2D eigenvalue weighted by atomic mass is 16.5. The number of nitrogens with zero attached hydrogens (tertiary/aromatic N) is 1. The lowest BCUT2D eigenvalue weighted by atomic mass is 10.2. The number of ether oxygens (including phenoxy) is 2. The first kappa shape index (κ1) is 10.4. The highest BCUT2D eigenvalue weighted by Crippen LogP contribution is 2.23. The maximum Gasteiger partial charge on any atom is 0.0673 e. The molecule has 3 nitrogen and oxygen atoms in total. The van der Waals surface area contributed by atoms with Crippen LogP contribution in [-0.4, -0.2) is 44.4 Å². The van der Waals surface area contributed by atoms with Crippen LogP contribution in [0, 0.1) is 12.5 Å². The zero-order chi connectivity index (χ0) is 9.68. The third-order valence-electron chi connectivity index (χ3n) is 2.49. The van der Waals surface area contributed by atoms with Gasteiger partial charge < -0.3 is 14.4 Å². The predicted octanol–water partition coefficient (Wildman–Crippen LogP) is 0.703. The fourth-order valence-electron chi connectivity index (χ4n) is 1.88. The van der Waals surface area contributed by atoms with Crippen LogP contribution in [0.15, 0.2) is 0 Å². The smallest absolute Gasteiger partial charge is 0.0673 e. The van der Waals surface area contributed by atoms with E-state index in [0.717, 1.165) is 12.8 Å². The Morgan fingerprint density at radius 3 is 2.00 bits per heavy atom. The van der Waals surface area contributed by atoms with Gasteiger partial charge in [-0.15, -0.1) is 0 Å². The van der Waals surface area contributed by atoms with E-state index in [1.165, 1.54) is 0 Å². The molecule has 0 aromatic heterocycles. The minimum absolute atomic E-state index is 0.371. The molecule has 3 heteroatoms. The molecule has 0 saturated carbocycles. The first-order chi connectivity index (χ1) is 6.33. The van der Waals surface area contributed by atoms with Gasteiger partial charge in [0.1, 0.15) is 0 Å². The quantitative estimate of drug-likeness (QED) is 0.599. The first-order valence-electron chi connectivity index (χ1n) is 4.56. The van der Waals surface area contributed by atoms with Gasteiger partial charge in [-0.2, -0.15) is 0 Å². The molecule has 1 saturated heterocycles. The fourth-order valence-corrected chi connectivity index (χ4v) is 1.88. The molecule has 2 atom stereocenters. The van der Waals surface area contributed by atoms with E-state index in [4.69, 9.17) is 15.9 Å². The summed E-state index contributed by atoms with van der Waals surface area (Å²) >= 11 is 0. The van der Waals surface area contributed by atoms with Crippen molar-refractivity contribution >= 4 is 0 Å². The van der Waals surface area contributed by atoms with Crippen molar-refractivity contribution in [2.45, 2.75) is 24.9 Å². The van der Waals surface area contributed by atoms with Crippen molar-refractivity contribution in [1.29, 1.82) is 0 Å². The largest absolute Gasteiger partial charge is 0.383 e. The van der Waals surface area contributed by atoms with Crippen molar-refractivity contribution in [1.82, 2.24) is 4.90 Å². The molecule has 0 aromatic rings. The van der Waals surface area contributed by atoms with Crippen LogP contribution in [0.5, 0.6) is 0 Å².